The van der Waals surface area contributed by atoms with E-state index in [4.69, 9.17) is 5.11 Å². The van der Waals surface area contributed by atoms with Crippen molar-refractivity contribution in [1.29, 1.82) is 0 Å². The Morgan fingerprint density at radius 3 is 2.11 bits per heavy atom. The predicted molar refractivity (Wildman–Crippen MR) is 80.7 cm³/mol. The van der Waals surface area contributed by atoms with Gasteiger partial charge >= 0.3 is 5.97 Å². The number of piperazine rings is 1. The lowest BCUT2D eigenvalue weighted by Gasteiger charge is -2.32. The number of hydrogen-bond acceptors (Lipinski definition) is 3. The third-order valence-electron chi connectivity index (χ3n) is 3.20. The van der Waals surface area contributed by atoms with E-state index in [9.17, 15) is 4.79 Å². The minimum absolute atomic E-state index is 0. The Hall–Kier alpha value is -0.810. The van der Waals surface area contributed by atoms with E-state index in [0.717, 1.165) is 32.7 Å². The van der Waals surface area contributed by atoms with Gasteiger partial charge in [-0.1, -0.05) is 12.1 Å². The Morgan fingerprint density at radius 1 is 1.11 bits per heavy atom. The minimum atomic E-state index is -0.865. The lowest BCUT2D eigenvalue weighted by molar-refractivity contribution is 0.0697. The molecule has 1 fully saturated rings. The van der Waals surface area contributed by atoms with Gasteiger partial charge in [-0.2, -0.15) is 0 Å². The maximum Gasteiger partial charge on any atom is 0.335 e. The second kappa shape index (κ2) is 8.38. The van der Waals surface area contributed by atoms with Crippen LogP contribution in [0.1, 0.15) is 15.9 Å². The molecule has 1 aromatic rings. The first-order valence-electron chi connectivity index (χ1n) is 5.88. The summed E-state index contributed by atoms with van der Waals surface area (Å²) in [6.45, 7) is 5.28. The lowest BCUT2D eigenvalue weighted by atomic mass is 10.1. The van der Waals surface area contributed by atoms with Crippen LogP contribution in [0.25, 0.3) is 0 Å². The lowest BCUT2D eigenvalue weighted by Crippen LogP contribution is -2.43. The highest BCUT2D eigenvalue weighted by Gasteiger charge is 2.13. The quantitative estimate of drug-likeness (QED) is 0.927. The molecule has 19 heavy (non-hydrogen) atoms. The molecule has 4 nitrogen and oxygen atoms in total. The van der Waals surface area contributed by atoms with Crippen LogP contribution in [0, 0.1) is 0 Å². The number of likely N-dealkylation sites (N-methyl/N-ethyl adjacent to an activating group) is 1. The number of carboxylic acids is 1. The van der Waals surface area contributed by atoms with Crippen LogP contribution in [-0.4, -0.2) is 54.1 Å². The van der Waals surface area contributed by atoms with Crippen molar-refractivity contribution in [3.63, 3.8) is 0 Å². The molecule has 0 bridgehead atoms. The largest absolute Gasteiger partial charge is 0.478 e. The highest BCUT2D eigenvalue weighted by Crippen LogP contribution is 2.09. The average Bonchev–Trinajstić information content (AvgIpc) is 2.33. The van der Waals surface area contributed by atoms with Crippen LogP contribution in [-0.2, 0) is 6.54 Å². The van der Waals surface area contributed by atoms with Gasteiger partial charge in [0.2, 0.25) is 0 Å². The third-order valence-corrected chi connectivity index (χ3v) is 3.20. The van der Waals surface area contributed by atoms with E-state index in [1.807, 2.05) is 12.1 Å². The molecule has 0 unspecified atom stereocenters. The third kappa shape index (κ3) is 5.37. The number of nitrogens with zero attached hydrogens (tertiary/aromatic N) is 2. The molecule has 0 amide bonds. The summed E-state index contributed by atoms with van der Waals surface area (Å²) in [5.41, 5.74) is 1.53. The SMILES string of the molecule is CN1CCN(Cc2ccc(C(=O)O)cc2)CC1.Cl.Cl. The number of halogens is 2. The summed E-state index contributed by atoms with van der Waals surface area (Å²) < 4.78 is 0. The summed E-state index contributed by atoms with van der Waals surface area (Å²) in [7, 11) is 2.14. The van der Waals surface area contributed by atoms with Crippen LogP contribution in [0.15, 0.2) is 24.3 Å². The fourth-order valence-corrected chi connectivity index (χ4v) is 2.02. The van der Waals surface area contributed by atoms with Crippen LogP contribution in [0.5, 0.6) is 0 Å². The summed E-state index contributed by atoms with van der Waals surface area (Å²) in [5.74, 6) is -0.865. The molecule has 6 heteroatoms. The number of rotatable bonds is 3. The Labute approximate surface area is 126 Å². The maximum absolute atomic E-state index is 10.7. The molecular formula is C13H20Cl2N2O2. The summed E-state index contributed by atoms with van der Waals surface area (Å²) in [6.07, 6.45) is 0. The summed E-state index contributed by atoms with van der Waals surface area (Å²) in [6, 6.07) is 7.16. The molecule has 1 saturated heterocycles. The van der Waals surface area contributed by atoms with Crippen molar-refractivity contribution in [1.82, 2.24) is 9.80 Å². The molecule has 2 rings (SSSR count). The zero-order valence-electron chi connectivity index (χ0n) is 10.9. The molecular weight excluding hydrogens is 287 g/mol. The normalized spacial score (nSPS) is 16.3. The van der Waals surface area contributed by atoms with Crippen LogP contribution in [0.2, 0.25) is 0 Å². The van der Waals surface area contributed by atoms with E-state index in [0.29, 0.717) is 5.56 Å². The molecule has 1 aromatic carbocycles. The highest BCUT2D eigenvalue weighted by molar-refractivity contribution is 5.87. The first-order valence-corrected chi connectivity index (χ1v) is 5.88. The predicted octanol–water partition coefficient (Wildman–Crippen LogP) is 1.98. The first kappa shape index (κ1) is 18.2. The van der Waals surface area contributed by atoms with E-state index in [2.05, 4.69) is 16.8 Å². The van der Waals surface area contributed by atoms with Crippen LogP contribution < -0.4 is 0 Å². The Balaban J connectivity index is 0.00000162. The van der Waals surface area contributed by atoms with Gasteiger partial charge in [-0.3, -0.25) is 4.90 Å². The summed E-state index contributed by atoms with van der Waals surface area (Å²) >= 11 is 0. The summed E-state index contributed by atoms with van der Waals surface area (Å²) in [4.78, 5) is 15.4. The van der Waals surface area contributed by atoms with Crippen LogP contribution >= 0.6 is 24.8 Å². The summed E-state index contributed by atoms with van der Waals surface area (Å²) in [5, 5.41) is 8.81. The standard InChI is InChI=1S/C13H18N2O2.2ClH/c1-14-6-8-15(9-7-14)10-11-2-4-12(5-3-11)13(16)17;;/h2-5H,6-10H2,1H3,(H,16,17);2*1H. The number of hydrogen-bond donors (Lipinski definition) is 1. The van der Waals surface area contributed by atoms with Crippen molar-refractivity contribution in [3.05, 3.63) is 35.4 Å². The van der Waals surface area contributed by atoms with E-state index in [-0.39, 0.29) is 24.8 Å². The zero-order chi connectivity index (χ0) is 12.3. The van der Waals surface area contributed by atoms with Gasteiger partial charge in [0.15, 0.2) is 0 Å². The minimum Gasteiger partial charge on any atom is -0.478 e. The van der Waals surface area contributed by atoms with Gasteiger partial charge in [0.1, 0.15) is 0 Å². The van der Waals surface area contributed by atoms with Crippen molar-refractivity contribution < 1.29 is 9.90 Å². The molecule has 0 aromatic heterocycles. The fourth-order valence-electron chi connectivity index (χ4n) is 2.02. The van der Waals surface area contributed by atoms with Gasteiger partial charge in [-0.25, -0.2) is 4.79 Å². The monoisotopic (exact) mass is 306 g/mol. The molecule has 1 N–H and O–H groups in total. The maximum atomic E-state index is 10.7. The number of benzene rings is 1. The Kier molecular flexibility index (Phi) is 8.02. The van der Waals surface area contributed by atoms with Gasteiger partial charge in [-0.15, -0.1) is 24.8 Å². The van der Waals surface area contributed by atoms with Crippen molar-refractivity contribution in [2.45, 2.75) is 6.54 Å². The van der Waals surface area contributed by atoms with E-state index in [1.54, 1.807) is 12.1 Å². The van der Waals surface area contributed by atoms with E-state index < -0.39 is 5.97 Å². The molecule has 0 spiro atoms. The van der Waals surface area contributed by atoms with E-state index in [1.165, 1.54) is 5.56 Å². The molecule has 1 heterocycles. The molecule has 108 valence electrons. The molecule has 0 saturated carbocycles. The molecule has 0 radical (unpaired) electrons. The van der Waals surface area contributed by atoms with Crippen molar-refractivity contribution in [2.24, 2.45) is 0 Å². The average molecular weight is 307 g/mol. The van der Waals surface area contributed by atoms with Crippen LogP contribution in [0.3, 0.4) is 0 Å². The van der Waals surface area contributed by atoms with Gasteiger partial charge in [-0.05, 0) is 24.7 Å². The Bertz CT molecular complexity index is 390. The zero-order valence-corrected chi connectivity index (χ0v) is 12.5. The van der Waals surface area contributed by atoms with Crippen molar-refractivity contribution in [2.75, 3.05) is 33.2 Å². The first-order chi connectivity index (χ1) is 8.15. The van der Waals surface area contributed by atoms with E-state index >= 15 is 0 Å². The van der Waals surface area contributed by atoms with Crippen molar-refractivity contribution in [3.8, 4) is 0 Å². The second-order valence-corrected chi connectivity index (χ2v) is 4.58. The molecule has 0 aliphatic carbocycles. The molecule has 1 aliphatic heterocycles. The van der Waals surface area contributed by atoms with Crippen LogP contribution in [0.4, 0.5) is 0 Å². The van der Waals surface area contributed by atoms with Gasteiger partial charge in [0.25, 0.3) is 0 Å². The van der Waals surface area contributed by atoms with Gasteiger partial charge < -0.3 is 10.0 Å². The molecule has 1 aliphatic rings. The highest BCUT2D eigenvalue weighted by atomic mass is 35.5. The fraction of sp³-hybridized carbons (Fsp3) is 0.462. The Morgan fingerprint density at radius 2 is 1.63 bits per heavy atom. The van der Waals surface area contributed by atoms with Gasteiger partial charge in [0, 0.05) is 32.7 Å². The number of carbonyl (C=O) groups is 1. The second-order valence-electron chi connectivity index (χ2n) is 4.58. The number of carboxylic acid groups (broad SMARTS) is 1. The van der Waals surface area contributed by atoms with Crippen molar-refractivity contribution >= 4 is 30.8 Å². The molecule has 0 atom stereocenters. The van der Waals surface area contributed by atoms with Gasteiger partial charge in [0.05, 0.1) is 5.56 Å². The number of aromatic carboxylic acids is 1. The topological polar surface area (TPSA) is 43.8 Å². The smallest absolute Gasteiger partial charge is 0.335 e.